The van der Waals surface area contributed by atoms with Crippen molar-refractivity contribution in [2.45, 2.75) is 32.8 Å². The molecule has 1 atom stereocenters. The summed E-state index contributed by atoms with van der Waals surface area (Å²) < 4.78 is 11.9. The SMILES string of the molecule is CC(C)COc1ccc(C(=O)NC(=S)Nc2cccc(C(=O)NCC3CCCO3)c2)cc1Br. The monoisotopic (exact) mass is 533 g/mol. The summed E-state index contributed by atoms with van der Waals surface area (Å²) in [6, 6.07) is 12.0. The number of nitrogens with one attached hydrogen (secondary N) is 3. The number of hydrogen-bond acceptors (Lipinski definition) is 5. The maximum Gasteiger partial charge on any atom is 0.257 e. The number of halogens is 1. The van der Waals surface area contributed by atoms with Crippen molar-refractivity contribution in [2.24, 2.45) is 5.92 Å². The van der Waals surface area contributed by atoms with E-state index in [1.807, 2.05) is 0 Å². The van der Waals surface area contributed by atoms with E-state index in [0.717, 1.165) is 19.4 Å². The third-order valence-electron chi connectivity index (χ3n) is 4.89. The van der Waals surface area contributed by atoms with Crippen LogP contribution >= 0.6 is 28.1 Å². The summed E-state index contributed by atoms with van der Waals surface area (Å²) >= 11 is 8.72. The summed E-state index contributed by atoms with van der Waals surface area (Å²) in [5.41, 5.74) is 1.53. The Morgan fingerprint density at radius 2 is 1.97 bits per heavy atom. The van der Waals surface area contributed by atoms with Crippen LogP contribution in [0.25, 0.3) is 0 Å². The van der Waals surface area contributed by atoms with Crippen molar-refractivity contribution in [3.63, 3.8) is 0 Å². The maximum atomic E-state index is 12.6. The van der Waals surface area contributed by atoms with Crippen molar-refractivity contribution in [1.82, 2.24) is 10.6 Å². The minimum absolute atomic E-state index is 0.0777. The molecule has 2 aromatic rings. The van der Waals surface area contributed by atoms with E-state index in [1.165, 1.54) is 0 Å². The van der Waals surface area contributed by atoms with Crippen LogP contribution in [0.4, 0.5) is 5.69 Å². The second-order valence-corrected chi connectivity index (χ2v) is 9.45. The molecule has 3 N–H and O–H groups in total. The van der Waals surface area contributed by atoms with E-state index in [4.69, 9.17) is 21.7 Å². The van der Waals surface area contributed by atoms with Crippen LogP contribution in [0.2, 0.25) is 0 Å². The van der Waals surface area contributed by atoms with Crippen LogP contribution in [0.1, 0.15) is 47.4 Å². The number of benzene rings is 2. The van der Waals surface area contributed by atoms with Crippen molar-refractivity contribution < 1.29 is 19.1 Å². The first-order valence-corrected chi connectivity index (χ1v) is 12.1. The number of ether oxygens (including phenoxy) is 2. The normalized spacial score (nSPS) is 15.2. The van der Waals surface area contributed by atoms with Gasteiger partial charge in [0.05, 0.1) is 17.2 Å². The molecule has 0 radical (unpaired) electrons. The zero-order valence-corrected chi connectivity index (χ0v) is 21.1. The van der Waals surface area contributed by atoms with Crippen molar-refractivity contribution in [2.75, 3.05) is 25.1 Å². The highest BCUT2D eigenvalue weighted by atomic mass is 79.9. The molecular formula is C24H28BrN3O4S. The first-order chi connectivity index (χ1) is 15.8. The Labute approximate surface area is 207 Å². The zero-order chi connectivity index (χ0) is 23.8. The van der Waals surface area contributed by atoms with E-state index in [1.54, 1.807) is 42.5 Å². The molecule has 0 spiro atoms. The molecule has 33 heavy (non-hydrogen) atoms. The molecule has 176 valence electrons. The van der Waals surface area contributed by atoms with Crippen LogP contribution in [0, 0.1) is 5.92 Å². The third-order valence-corrected chi connectivity index (χ3v) is 5.71. The Hall–Kier alpha value is -2.49. The summed E-state index contributed by atoms with van der Waals surface area (Å²) in [6.45, 7) is 5.95. The molecule has 3 rings (SSSR count). The number of thiocarbonyl (C=S) groups is 1. The van der Waals surface area contributed by atoms with E-state index in [0.29, 0.717) is 46.1 Å². The van der Waals surface area contributed by atoms with Gasteiger partial charge < -0.3 is 20.1 Å². The van der Waals surface area contributed by atoms with Crippen molar-refractivity contribution in [3.8, 4) is 5.75 Å². The first-order valence-electron chi connectivity index (χ1n) is 10.9. The van der Waals surface area contributed by atoms with Gasteiger partial charge in [0.25, 0.3) is 11.8 Å². The zero-order valence-electron chi connectivity index (χ0n) is 18.7. The third kappa shape index (κ3) is 7.80. The van der Waals surface area contributed by atoms with Gasteiger partial charge in [-0.1, -0.05) is 19.9 Å². The fraction of sp³-hybridized carbons (Fsp3) is 0.375. The lowest BCUT2D eigenvalue weighted by molar-refractivity contribution is 0.0857. The van der Waals surface area contributed by atoms with Gasteiger partial charge in [0, 0.05) is 30.0 Å². The second-order valence-electron chi connectivity index (χ2n) is 8.18. The van der Waals surface area contributed by atoms with Crippen LogP contribution in [0.5, 0.6) is 5.75 Å². The van der Waals surface area contributed by atoms with Gasteiger partial charge in [-0.15, -0.1) is 0 Å². The molecular weight excluding hydrogens is 506 g/mol. The van der Waals surface area contributed by atoms with Crippen LogP contribution in [0.3, 0.4) is 0 Å². The smallest absolute Gasteiger partial charge is 0.257 e. The Morgan fingerprint density at radius 1 is 1.18 bits per heavy atom. The van der Waals surface area contributed by atoms with Crippen molar-refractivity contribution in [1.29, 1.82) is 0 Å². The molecule has 1 saturated heterocycles. The number of carbonyl (C=O) groups is 2. The molecule has 2 amide bonds. The Bertz CT molecular complexity index is 1010. The van der Waals surface area contributed by atoms with Gasteiger partial charge in [-0.25, -0.2) is 0 Å². The molecule has 0 saturated carbocycles. The van der Waals surface area contributed by atoms with Crippen LogP contribution in [0.15, 0.2) is 46.9 Å². The molecule has 9 heteroatoms. The predicted octanol–water partition coefficient (Wildman–Crippen LogP) is 4.52. The highest BCUT2D eigenvalue weighted by molar-refractivity contribution is 9.10. The fourth-order valence-corrected chi connectivity index (χ4v) is 3.91. The van der Waals surface area contributed by atoms with E-state index in [2.05, 4.69) is 45.7 Å². The average molecular weight is 534 g/mol. The van der Waals surface area contributed by atoms with Gasteiger partial charge in [-0.05, 0) is 83.3 Å². The molecule has 1 unspecified atom stereocenters. The lowest BCUT2D eigenvalue weighted by Crippen LogP contribution is -2.34. The van der Waals surface area contributed by atoms with Gasteiger partial charge in [-0.3, -0.25) is 14.9 Å². The van der Waals surface area contributed by atoms with Gasteiger partial charge in [0.1, 0.15) is 5.75 Å². The van der Waals surface area contributed by atoms with Crippen molar-refractivity contribution >= 4 is 50.8 Å². The summed E-state index contributed by atoms with van der Waals surface area (Å²) in [4.78, 5) is 25.0. The predicted molar refractivity (Wildman–Crippen MR) is 136 cm³/mol. The topological polar surface area (TPSA) is 88.7 Å². The average Bonchev–Trinajstić information content (AvgIpc) is 3.30. The summed E-state index contributed by atoms with van der Waals surface area (Å²) in [7, 11) is 0. The lowest BCUT2D eigenvalue weighted by Gasteiger charge is -2.13. The van der Waals surface area contributed by atoms with E-state index in [-0.39, 0.29) is 23.0 Å². The molecule has 0 aliphatic carbocycles. The number of hydrogen-bond donors (Lipinski definition) is 3. The van der Waals surface area contributed by atoms with Gasteiger partial charge >= 0.3 is 0 Å². The van der Waals surface area contributed by atoms with Crippen LogP contribution < -0.4 is 20.7 Å². The van der Waals surface area contributed by atoms with E-state index < -0.39 is 0 Å². The minimum Gasteiger partial charge on any atom is -0.492 e. The van der Waals surface area contributed by atoms with E-state index in [9.17, 15) is 9.59 Å². The summed E-state index contributed by atoms with van der Waals surface area (Å²) in [5, 5.41) is 8.63. The quantitative estimate of drug-likeness (QED) is 0.432. The molecule has 1 fully saturated rings. The van der Waals surface area contributed by atoms with Crippen LogP contribution in [-0.4, -0.2) is 42.8 Å². The Kier molecular flexibility index (Phi) is 9.22. The van der Waals surface area contributed by atoms with Crippen LogP contribution in [-0.2, 0) is 4.74 Å². The molecule has 7 nitrogen and oxygen atoms in total. The molecule has 1 aliphatic rings. The molecule has 1 heterocycles. The Balaban J connectivity index is 1.53. The van der Waals surface area contributed by atoms with Crippen molar-refractivity contribution in [3.05, 3.63) is 58.1 Å². The summed E-state index contributed by atoms with van der Waals surface area (Å²) in [6.07, 6.45) is 2.06. The number of rotatable bonds is 8. The molecule has 0 bridgehead atoms. The maximum absolute atomic E-state index is 12.6. The Morgan fingerprint density at radius 3 is 2.67 bits per heavy atom. The van der Waals surface area contributed by atoms with Gasteiger partial charge in [0.2, 0.25) is 0 Å². The number of carbonyl (C=O) groups excluding carboxylic acids is 2. The first kappa shape index (κ1) is 25.1. The molecule has 1 aliphatic heterocycles. The largest absolute Gasteiger partial charge is 0.492 e. The summed E-state index contributed by atoms with van der Waals surface area (Å²) in [5.74, 6) is 0.535. The minimum atomic E-state index is -0.353. The van der Waals surface area contributed by atoms with Gasteiger partial charge in [-0.2, -0.15) is 0 Å². The fourth-order valence-electron chi connectivity index (χ4n) is 3.21. The highest BCUT2D eigenvalue weighted by Crippen LogP contribution is 2.26. The molecule has 2 aromatic carbocycles. The van der Waals surface area contributed by atoms with E-state index >= 15 is 0 Å². The highest BCUT2D eigenvalue weighted by Gasteiger charge is 2.17. The number of amides is 2. The van der Waals surface area contributed by atoms with Gasteiger partial charge in [0.15, 0.2) is 5.11 Å². The number of anilines is 1. The lowest BCUT2D eigenvalue weighted by atomic mass is 10.1. The second kappa shape index (κ2) is 12.1. The standard InChI is InChI=1S/C24H28BrN3O4S/c1-15(2)14-32-21-9-8-17(12-20(21)25)23(30)28-24(33)27-18-6-3-5-16(11-18)22(29)26-13-19-7-4-10-31-19/h3,5-6,8-9,11-12,15,19H,4,7,10,13-14H2,1-2H3,(H,26,29)(H2,27,28,30,33). The molecule has 0 aromatic heterocycles.